The van der Waals surface area contributed by atoms with Gasteiger partial charge in [0.15, 0.2) is 0 Å². The fraction of sp³-hybridized carbons (Fsp3) is 0. The van der Waals surface area contributed by atoms with Crippen molar-refractivity contribution in [3.05, 3.63) is 71.3 Å². The van der Waals surface area contributed by atoms with Crippen LogP contribution in [0.3, 0.4) is 0 Å². The van der Waals surface area contributed by atoms with Gasteiger partial charge in [0, 0.05) is 22.1 Å². The van der Waals surface area contributed by atoms with Gasteiger partial charge in [0.1, 0.15) is 0 Å². The number of nitrogens with zero attached hydrogens (tertiary/aromatic N) is 2. The Balaban J connectivity index is 0.00000157. The van der Waals surface area contributed by atoms with Crippen molar-refractivity contribution < 1.29 is 0 Å². The topological polar surface area (TPSA) is 57.4 Å². The van der Waals surface area contributed by atoms with Gasteiger partial charge in [0.25, 0.3) is 0 Å². The third-order valence-corrected chi connectivity index (χ3v) is 4.04. The molecule has 0 saturated heterocycles. The van der Waals surface area contributed by atoms with Gasteiger partial charge in [-0.05, 0) is 72.8 Å². The standard InChI is InChI=1S/C20H14N4.Na.H/c1-2-14-10-16-5-6-18(23-16)12-20-8-7-19(24-20)11-17-4-3-15(22-17)9-13(1)21-14;;/h1-12,21,24H;;. The summed E-state index contributed by atoms with van der Waals surface area (Å²) in [5.74, 6) is 0. The van der Waals surface area contributed by atoms with Crippen LogP contribution in [0.15, 0.2) is 48.5 Å². The van der Waals surface area contributed by atoms with Crippen LogP contribution in [-0.4, -0.2) is 49.5 Å². The van der Waals surface area contributed by atoms with Crippen molar-refractivity contribution in [3.63, 3.8) is 0 Å². The predicted molar refractivity (Wildman–Crippen MR) is 106 cm³/mol. The van der Waals surface area contributed by atoms with Gasteiger partial charge in [-0.3, -0.25) is 0 Å². The van der Waals surface area contributed by atoms with Gasteiger partial charge in [0.05, 0.1) is 22.8 Å². The van der Waals surface area contributed by atoms with Crippen LogP contribution in [0.25, 0.3) is 46.4 Å². The summed E-state index contributed by atoms with van der Waals surface area (Å²) in [6.45, 7) is 0. The molecule has 5 heteroatoms. The molecule has 0 amide bonds. The molecule has 0 unspecified atom stereocenters. The van der Waals surface area contributed by atoms with E-state index in [9.17, 15) is 0 Å². The van der Waals surface area contributed by atoms with Gasteiger partial charge in [-0.25, -0.2) is 9.97 Å². The predicted octanol–water partition coefficient (Wildman–Crippen LogP) is 4.01. The molecule has 4 nitrogen and oxygen atoms in total. The van der Waals surface area contributed by atoms with E-state index in [-0.39, 0.29) is 29.6 Å². The number of rotatable bonds is 0. The van der Waals surface area contributed by atoms with Crippen molar-refractivity contribution in [3.8, 4) is 0 Å². The molecule has 0 saturated carbocycles. The first-order valence-corrected chi connectivity index (χ1v) is 7.85. The fourth-order valence-corrected chi connectivity index (χ4v) is 2.94. The molecule has 8 bridgehead atoms. The second-order valence-electron chi connectivity index (χ2n) is 5.91. The first kappa shape index (κ1) is 16.1. The van der Waals surface area contributed by atoms with Gasteiger partial charge in [-0.15, -0.1) is 0 Å². The van der Waals surface area contributed by atoms with Crippen LogP contribution < -0.4 is 0 Å². The Labute approximate surface area is 166 Å². The average molecular weight is 334 g/mol. The molecule has 2 aliphatic heterocycles. The molecule has 0 atom stereocenters. The molecular weight excluding hydrogens is 319 g/mol. The minimum atomic E-state index is 0. The molecule has 2 aliphatic rings. The summed E-state index contributed by atoms with van der Waals surface area (Å²) in [4.78, 5) is 16.0. The Morgan fingerprint density at radius 1 is 0.480 bits per heavy atom. The van der Waals surface area contributed by atoms with E-state index < -0.39 is 0 Å². The van der Waals surface area contributed by atoms with Gasteiger partial charge in [-0.2, -0.15) is 0 Å². The van der Waals surface area contributed by atoms with E-state index in [2.05, 4.69) is 44.2 Å². The van der Waals surface area contributed by atoms with Crippen LogP contribution in [-0.2, 0) is 0 Å². The van der Waals surface area contributed by atoms with Crippen molar-refractivity contribution in [1.82, 2.24) is 19.9 Å². The van der Waals surface area contributed by atoms with E-state index in [0.29, 0.717) is 0 Å². The Morgan fingerprint density at radius 2 is 0.760 bits per heavy atom. The molecule has 0 fully saturated rings. The van der Waals surface area contributed by atoms with Crippen LogP contribution in [0.5, 0.6) is 0 Å². The molecular formula is C20H15N4Na. The summed E-state index contributed by atoms with van der Waals surface area (Å²) in [5, 5.41) is 0. The molecule has 3 aromatic rings. The zero-order valence-electron chi connectivity index (χ0n) is 12.8. The van der Waals surface area contributed by atoms with Gasteiger partial charge in [-0.1, -0.05) is 0 Å². The van der Waals surface area contributed by atoms with Crippen LogP contribution in [0, 0.1) is 0 Å². The molecule has 2 N–H and O–H groups in total. The normalized spacial score (nSPS) is 12.2. The van der Waals surface area contributed by atoms with E-state index in [1.165, 1.54) is 0 Å². The van der Waals surface area contributed by atoms with E-state index in [1.54, 1.807) is 0 Å². The van der Waals surface area contributed by atoms with E-state index in [1.807, 2.05) is 48.6 Å². The van der Waals surface area contributed by atoms with Crippen LogP contribution >= 0.6 is 0 Å². The summed E-state index contributed by atoms with van der Waals surface area (Å²) < 4.78 is 0. The quantitative estimate of drug-likeness (QED) is 0.420. The maximum absolute atomic E-state index is 4.63. The number of hydrogen-bond donors (Lipinski definition) is 2. The van der Waals surface area contributed by atoms with Crippen LogP contribution in [0.1, 0.15) is 22.8 Å². The number of hydrogen-bond acceptors (Lipinski definition) is 2. The molecule has 0 aliphatic carbocycles. The monoisotopic (exact) mass is 334 g/mol. The van der Waals surface area contributed by atoms with Gasteiger partial charge in [0.2, 0.25) is 0 Å². The number of aromatic nitrogens is 4. The number of fused-ring (bicyclic) bond motifs is 8. The van der Waals surface area contributed by atoms with Crippen molar-refractivity contribution >= 4 is 75.9 Å². The van der Waals surface area contributed by atoms with Gasteiger partial charge >= 0.3 is 29.6 Å². The van der Waals surface area contributed by atoms with Crippen LogP contribution in [0.2, 0.25) is 0 Å². The Bertz CT molecular complexity index is 990. The molecule has 116 valence electrons. The summed E-state index contributed by atoms with van der Waals surface area (Å²) >= 11 is 0. The maximum atomic E-state index is 4.63. The summed E-state index contributed by atoms with van der Waals surface area (Å²) in [5.41, 5.74) is 7.86. The average Bonchev–Trinajstić information content (AvgIpc) is 3.32. The number of nitrogens with one attached hydrogen (secondary N) is 2. The first-order chi connectivity index (χ1) is 11.8. The molecule has 0 aromatic carbocycles. The molecule has 5 rings (SSSR count). The molecule has 0 radical (unpaired) electrons. The van der Waals surface area contributed by atoms with Crippen molar-refractivity contribution in [1.29, 1.82) is 0 Å². The van der Waals surface area contributed by atoms with Gasteiger partial charge < -0.3 is 9.97 Å². The number of H-pyrrole nitrogens is 2. The Morgan fingerprint density at radius 3 is 1.04 bits per heavy atom. The molecule has 0 spiro atoms. The third kappa shape index (κ3) is 3.37. The van der Waals surface area contributed by atoms with E-state index >= 15 is 0 Å². The minimum absolute atomic E-state index is 0. The van der Waals surface area contributed by atoms with Crippen molar-refractivity contribution in [2.24, 2.45) is 0 Å². The van der Waals surface area contributed by atoms with Crippen LogP contribution in [0.4, 0.5) is 0 Å². The van der Waals surface area contributed by atoms with Crippen molar-refractivity contribution in [2.75, 3.05) is 0 Å². The summed E-state index contributed by atoms with van der Waals surface area (Å²) in [6.07, 6.45) is 8.09. The number of aromatic amines is 2. The third-order valence-electron chi connectivity index (χ3n) is 4.04. The molecule has 3 aromatic heterocycles. The zero-order chi connectivity index (χ0) is 15.9. The first-order valence-electron chi connectivity index (χ1n) is 7.85. The van der Waals surface area contributed by atoms with E-state index in [0.717, 1.165) is 44.8 Å². The summed E-state index contributed by atoms with van der Waals surface area (Å²) in [6, 6.07) is 16.4. The molecule has 25 heavy (non-hydrogen) atoms. The fourth-order valence-electron chi connectivity index (χ4n) is 2.94. The Hall–Kier alpha value is -2.40. The van der Waals surface area contributed by atoms with Crippen molar-refractivity contribution in [2.45, 2.75) is 0 Å². The zero-order valence-corrected chi connectivity index (χ0v) is 12.8. The molecule has 5 heterocycles. The summed E-state index contributed by atoms with van der Waals surface area (Å²) in [7, 11) is 0. The Kier molecular flexibility index (Phi) is 4.17. The second-order valence-corrected chi connectivity index (χ2v) is 5.91. The second kappa shape index (κ2) is 6.48. The SMILES string of the molecule is C1=Cc2cc3ccc(cc4nc(cc5ccc(cc1n2)[nH]5)C=C4)[nH]3.[NaH]. The van der Waals surface area contributed by atoms with E-state index in [4.69, 9.17) is 0 Å².